The number of nitriles is 1. The lowest BCUT2D eigenvalue weighted by atomic mass is 9.69. The van der Waals surface area contributed by atoms with Crippen molar-refractivity contribution in [2.45, 2.75) is 38.1 Å². The first-order chi connectivity index (χ1) is 7.23. The molecule has 2 fully saturated rings. The summed E-state index contributed by atoms with van der Waals surface area (Å²) in [7, 11) is 0. The summed E-state index contributed by atoms with van der Waals surface area (Å²) in [5.41, 5.74) is -0.689. The number of hydrogen-bond acceptors (Lipinski definition) is 2. The summed E-state index contributed by atoms with van der Waals surface area (Å²) in [5.74, 6) is 0.0404. The monoisotopic (exact) mass is 204 g/mol. The Bertz CT molecular complexity index is 321. The molecule has 0 aliphatic heterocycles. The van der Waals surface area contributed by atoms with E-state index in [1.165, 1.54) is 0 Å². The van der Waals surface area contributed by atoms with E-state index in [1.807, 2.05) is 4.90 Å². The molecule has 0 radical (unpaired) electrons. The van der Waals surface area contributed by atoms with Crippen LogP contribution in [0, 0.1) is 16.7 Å². The van der Waals surface area contributed by atoms with Crippen LogP contribution in [-0.2, 0) is 4.79 Å². The number of hydrogen-bond donors (Lipinski definition) is 0. The molecule has 0 atom stereocenters. The van der Waals surface area contributed by atoms with Gasteiger partial charge in [-0.1, -0.05) is 6.08 Å². The predicted octanol–water partition coefficient (Wildman–Crippen LogP) is 1.86. The molecule has 0 aromatic heterocycles. The molecule has 15 heavy (non-hydrogen) atoms. The lowest BCUT2D eigenvalue weighted by Crippen LogP contribution is -2.48. The zero-order valence-electron chi connectivity index (χ0n) is 8.91. The lowest BCUT2D eigenvalue weighted by Gasteiger charge is -2.38. The highest BCUT2D eigenvalue weighted by molar-refractivity contribution is 5.87. The zero-order chi connectivity index (χ0) is 10.9. The molecule has 0 heterocycles. The molecular formula is C12H16N2O. The maximum atomic E-state index is 12.2. The van der Waals surface area contributed by atoms with Crippen LogP contribution in [0.2, 0.25) is 0 Å². The van der Waals surface area contributed by atoms with Gasteiger partial charge >= 0.3 is 0 Å². The Morgan fingerprint density at radius 2 is 2.27 bits per heavy atom. The van der Waals surface area contributed by atoms with Crippen LogP contribution in [0.25, 0.3) is 0 Å². The third-order valence-corrected chi connectivity index (χ3v) is 3.40. The maximum absolute atomic E-state index is 12.2. The molecule has 2 saturated carbocycles. The summed E-state index contributed by atoms with van der Waals surface area (Å²) >= 11 is 0. The number of nitrogens with zero attached hydrogens (tertiary/aromatic N) is 2. The van der Waals surface area contributed by atoms with Crippen LogP contribution in [-0.4, -0.2) is 23.4 Å². The molecular weight excluding hydrogens is 188 g/mol. The highest BCUT2D eigenvalue weighted by Crippen LogP contribution is 2.43. The van der Waals surface area contributed by atoms with Gasteiger partial charge in [0.05, 0.1) is 6.07 Å². The molecule has 2 aliphatic carbocycles. The van der Waals surface area contributed by atoms with Crippen LogP contribution in [0.1, 0.15) is 32.1 Å². The van der Waals surface area contributed by atoms with E-state index in [4.69, 9.17) is 5.26 Å². The van der Waals surface area contributed by atoms with Crippen molar-refractivity contribution in [3.05, 3.63) is 12.7 Å². The van der Waals surface area contributed by atoms with Gasteiger partial charge in [0.25, 0.3) is 0 Å². The molecule has 3 heteroatoms. The summed E-state index contributed by atoms with van der Waals surface area (Å²) in [4.78, 5) is 14.0. The Kier molecular flexibility index (Phi) is 2.52. The topological polar surface area (TPSA) is 44.1 Å². The molecule has 0 spiro atoms. The van der Waals surface area contributed by atoms with Crippen LogP contribution in [0.4, 0.5) is 0 Å². The van der Waals surface area contributed by atoms with E-state index in [0.29, 0.717) is 12.6 Å². The summed E-state index contributed by atoms with van der Waals surface area (Å²) in [6.45, 7) is 4.26. The first-order valence-electron chi connectivity index (χ1n) is 5.57. The summed E-state index contributed by atoms with van der Waals surface area (Å²) < 4.78 is 0. The molecule has 2 rings (SSSR count). The quantitative estimate of drug-likeness (QED) is 0.656. The smallest absolute Gasteiger partial charge is 0.243 e. The zero-order valence-corrected chi connectivity index (χ0v) is 8.91. The second-order valence-electron chi connectivity index (χ2n) is 4.52. The fourth-order valence-electron chi connectivity index (χ4n) is 2.10. The minimum absolute atomic E-state index is 0.0404. The maximum Gasteiger partial charge on any atom is 0.243 e. The SMILES string of the molecule is C=CCN(C(=O)C1(C#N)CCC1)C1CC1. The van der Waals surface area contributed by atoms with Crippen molar-refractivity contribution in [2.75, 3.05) is 6.54 Å². The third-order valence-electron chi connectivity index (χ3n) is 3.40. The Hall–Kier alpha value is -1.30. The van der Waals surface area contributed by atoms with E-state index in [2.05, 4.69) is 12.6 Å². The average molecular weight is 204 g/mol. The molecule has 0 unspecified atom stereocenters. The van der Waals surface area contributed by atoms with Gasteiger partial charge in [0.2, 0.25) is 5.91 Å². The highest BCUT2D eigenvalue weighted by atomic mass is 16.2. The van der Waals surface area contributed by atoms with Gasteiger partial charge in [0.15, 0.2) is 0 Å². The van der Waals surface area contributed by atoms with Crippen LogP contribution in [0.5, 0.6) is 0 Å². The molecule has 0 bridgehead atoms. The second kappa shape index (κ2) is 3.69. The van der Waals surface area contributed by atoms with Crippen molar-refractivity contribution in [1.29, 1.82) is 5.26 Å². The predicted molar refractivity (Wildman–Crippen MR) is 56.8 cm³/mol. The average Bonchev–Trinajstić information content (AvgIpc) is 2.96. The van der Waals surface area contributed by atoms with Crippen LogP contribution in [0.15, 0.2) is 12.7 Å². The molecule has 3 nitrogen and oxygen atoms in total. The van der Waals surface area contributed by atoms with Gasteiger partial charge < -0.3 is 4.90 Å². The first kappa shape index (κ1) is 10.2. The highest BCUT2D eigenvalue weighted by Gasteiger charge is 2.49. The van der Waals surface area contributed by atoms with E-state index >= 15 is 0 Å². The largest absolute Gasteiger partial charge is 0.335 e. The van der Waals surface area contributed by atoms with Crippen LogP contribution >= 0.6 is 0 Å². The fourth-order valence-corrected chi connectivity index (χ4v) is 2.10. The van der Waals surface area contributed by atoms with Crippen molar-refractivity contribution in [3.8, 4) is 6.07 Å². The summed E-state index contributed by atoms with van der Waals surface area (Å²) in [6, 6.07) is 2.59. The van der Waals surface area contributed by atoms with Crippen molar-refractivity contribution >= 4 is 5.91 Å². The molecule has 0 N–H and O–H groups in total. The Morgan fingerprint density at radius 3 is 2.60 bits per heavy atom. The van der Waals surface area contributed by atoms with E-state index in [1.54, 1.807) is 6.08 Å². The lowest BCUT2D eigenvalue weighted by molar-refractivity contribution is -0.143. The van der Waals surface area contributed by atoms with Crippen LogP contribution < -0.4 is 0 Å². The van der Waals surface area contributed by atoms with Crippen LogP contribution in [0.3, 0.4) is 0 Å². The summed E-state index contributed by atoms with van der Waals surface area (Å²) in [5, 5.41) is 9.10. The Morgan fingerprint density at radius 1 is 1.60 bits per heavy atom. The van der Waals surface area contributed by atoms with E-state index in [-0.39, 0.29) is 5.91 Å². The molecule has 0 aromatic rings. The second-order valence-corrected chi connectivity index (χ2v) is 4.52. The third kappa shape index (κ3) is 1.65. The first-order valence-corrected chi connectivity index (χ1v) is 5.57. The van der Waals surface area contributed by atoms with Gasteiger partial charge in [-0.05, 0) is 32.1 Å². The van der Waals surface area contributed by atoms with Gasteiger partial charge in [-0.2, -0.15) is 5.26 Å². The van der Waals surface area contributed by atoms with Crippen molar-refractivity contribution < 1.29 is 4.79 Å². The van der Waals surface area contributed by atoms with Crippen molar-refractivity contribution in [3.63, 3.8) is 0 Å². The van der Waals surface area contributed by atoms with E-state index < -0.39 is 5.41 Å². The Balaban J connectivity index is 2.10. The number of carbonyl (C=O) groups is 1. The number of amides is 1. The molecule has 1 amide bonds. The minimum atomic E-state index is -0.689. The molecule has 0 aromatic carbocycles. The van der Waals surface area contributed by atoms with E-state index in [9.17, 15) is 4.79 Å². The summed E-state index contributed by atoms with van der Waals surface area (Å²) in [6.07, 6.45) is 6.40. The van der Waals surface area contributed by atoms with Gasteiger partial charge in [-0.3, -0.25) is 4.79 Å². The number of carbonyl (C=O) groups excluding carboxylic acids is 1. The molecule has 80 valence electrons. The van der Waals surface area contributed by atoms with E-state index in [0.717, 1.165) is 32.1 Å². The fraction of sp³-hybridized carbons (Fsp3) is 0.667. The van der Waals surface area contributed by atoms with Gasteiger partial charge in [-0.25, -0.2) is 0 Å². The normalized spacial score (nSPS) is 22.3. The van der Waals surface area contributed by atoms with Crippen molar-refractivity contribution in [1.82, 2.24) is 4.90 Å². The number of rotatable bonds is 4. The van der Waals surface area contributed by atoms with Gasteiger partial charge in [0.1, 0.15) is 5.41 Å². The van der Waals surface area contributed by atoms with Gasteiger partial charge in [-0.15, -0.1) is 6.58 Å². The standard InChI is InChI=1S/C12H16N2O/c1-2-8-14(10-4-5-10)11(15)12(9-13)6-3-7-12/h2,10H,1,3-8H2. The minimum Gasteiger partial charge on any atom is -0.335 e. The molecule has 2 aliphatic rings. The molecule has 0 saturated heterocycles. The Labute approximate surface area is 90.4 Å². The van der Waals surface area contributed by atoms with Crippen molar-refractivity contribution in [2.24, 2.45) is 5.41 Å². The van der Waals surface area contributed by atoms with Gasteiger partial charge in [0, 0.05) is 12.6 Å².